The molecule has 1 amide bonds. The number of amides is 1. The highest BCUT2D eigenvalue weighted by Gasteiger charge is 2.33. The molecule has 5 heteroatoms. The average Bonchev–Trinajstić information content (AvgIpc) is 3.16. The van der Waals surface area contributed by atoms with Crippen molar-refractivity contribution < 1.29 is 19.4 Å². The third kappa shape index (κ3) is 5.33. The fourth-order valence-corrected chi connectivity index (χ4v) is 3.45. The number of hydrogen-bond donors (Lipinski definition) is 2. The highest BCUT2D eigenvalue weighted by molar-refractivity contribution is 5.80. The molecule has 0 unspecified atom stereocenters. The Balaban J connectivity index is 1.45. The lowest BCUT2D eigenvalue weighted by atomic mass is 10.0. The molecule has 0 heterocycles. The van der Waals surface area contributed by atoms with Crippen LogP contribution in [0.5, 0.6) is 5.75 Å². The molecule has 2 aromatic rings. The lowest BCUT2D eigenvalue weighted by Crippen LogP contribution is -2.29. The second-order valence-corrected chi connectivity index (χ2v) is 7.18. The van der Waals surface area contributed by atoms with Crippen molar-refractivity contribution >= 4 is 11.9 Å². The lowest BCUT2D eigenvalue weighted by Gasteiger charge is -2.11. The van der Waals surface area contributed by atoms with Gasteiger partial charge in [-0.25, -0.2) is 0 Å². The number of carboxylic acids is 1. The minimum atomic E-state index is -0.799. The molecule has 0 bridgehead atoms. The number of carbonyl (C=O) groups is 2. The lowest BCUT2D eigenvalue weighted by molar-refractivity contribution is -0.141. The van der Waals surface area contributed by atoms with Gasteiger partial charge in [0.05, 0.1) is 5.92 Å². The van der Waals surface area contributed by atoms with E-state index < -0.39 is 5.97 Å². The second kappa shape index (κ2) is 8.71. The first-order chi connectivity index (χ1) is 13.0. The normalized spacial score (nSPS) is 18.9. The molecule has 0 spiro atoms. The number of carbonyl (C=O) groups excluding carboxylic acids is 1. The summed E-state index contributed by atoms with van der Waals surface area (Å²) in [5.74, 6) is -0.648. The third-order valence-corrected chi connectivity index (χ3v) is 5.03. The van der Waals surface area contributed by atoms with Crippen molar-refractivity contribution in [3.8, 4) is 5.75 Å². The molecule has 142 valence electrons. The van der Waals surface area contributed by atoms with E-state index in [1.807, 2.05) is 36.4 Å². The molecule has 1 saturated carbocycles. The number of ether oxygens (including phenoxy) is 1. The van der Waals surface area contributed by atoms with Crippen molar-refractivity contribution in [2.45, 2.75) is 39.3 Å². The number of aryl methyl sites for hydroxylation is 1. The van der Waals surface area contributed by atoms with E-state index in [9.17, 15) is 9.59 Å². The standard InChI is InChI=1S/C22H25NO4/c1-15-3-2-4-17(11-15)14-27-20-9-5-16(6-10-20)13-23-21(24)18-7-8-19(12-18)22(25)26/h2-6,9-11,18-19H,7-8,12-14H2,1H3,(H,23,24)(H,25,26)/t18-,19+/m1/s1. The highest BCUT2D eigenvalue weighted by Crippen LogP contribution is 2.31. The molecule has 0 radical (unpaired) electrons. The molecule has 0 saturated heterocycles. The number of nitrogens with one attached hydrogen (secondary N) is 1. The summed E-state index contributed by atoms with van der Waals surface area (Å²) in [6.07, 6.45) is 1.67. The summed E-state index contributed by atoms with van der Waals surface area (Å²) in [7, 11) is 0. The Labute approximate surface area is 159 Å². The molecule has 5 nitrogen and oxygen atoms in total. The van der Waals surface area contributed by atoms with Crippen LogP contribution in [0.2, 0.25) is 0 Å². The van der Waals surface area contributed by atoms with Gasteiger partial charge in [-0.1, -0.05) is 42.0 Å². The Morgan fingerprint density at radius 3 is 2.48 bits per heavy atom. The van der Waals surface area contributed by atoms with Gasteiger partial charge in [-0.2, -0.15) is 0 Å². The number of carboxylic acid groups (broad SMARTS) is 1. The molecular weight excluding hydrogens is 342 g/mol. The largest absolute Gasteiger partial charge is 0.489 e. The average molecular weight is 367 g/mol. The van der Waals surface area contributed by atoms with Crippen LogP contribution in [0.4, 0.5) is 0 Å². The van der Waals surface area contributed by atoms with Crippen molar-refractivity contribution in [3.05, 3.63) is 65.2 Å². The smallest absolute Gasteiger partial charge is 0.306 e. The first kappa shape index (κ1) is 19.0. The summed E-state index contributed by atoms with van der Waals surface area (Å²) >= 11 is 0. The summed E-state index contributed by atoms with van der Waals surface area (Å²) in [5, 5.41) is 11.9. The van der Waals surface area contributed by atoms with Crippen LogP contribution in [0.15, 0.2) is 48.5 Å². The first-order valence-corrected chi connectivity index (χ1v) is 9.29. The fraction of sp³-hybridized carbons (Fsp3) is 0.364. The summed E-state index contributed by atoms with van der Waals surface area (Å²) in [5.41, 5.74) is 3.32. The number of aliphatic carboxylic acids is 1. The van der Waals surface area contributed by atoms with Crippen LogP contribution < -0.4 is 10.1 Å². The van der Waals surface area contributed by atoms with E-state index in [2.05, 4.69) is 24.4 Å². The van der Waals surface area contributed by atoms with E-state index in [4.69, 9.17) is 9.84 Å². The van der Waals surface area contributed by atoms with Crippen molar-refractivity contribution in [1.29, 1.82) is 0 Å². The van der Waals surface area contributed by atoms with Crippen molar-refractivity contribution in [2.75, 3.05) is 0 Å². The maximum absolute atomic E-state index is 12.2. The molecule has 1 aliphatic rings. The zero-order valence-corrected chi connectivity index (χ0v) is 15.5. The minimum Gasteiger partial charge on any atom is -0.489 e. The molecule has 2 aromatic carbocycles. The first-order valence-electron chi connectivity index (χ1n) is 9.29. The minimum absolute atomic E-state index is 0.0569. The maximum atomic E-state index is 12.2. The highest BCUT2D eigenvalue weighted by atomic mass is 16.5. The van der Waals surface area contributed by atoms with Crippen molar-refractivity contribution in [1.82, 2.24) is 5.32 Å². The SMILES string of the molecule is Cc1cccc(COc2ccc(CNC(=O)[C@@H]3CC[C@H](C(=O)O)C3)cc2)c1. The number of benzene rings is 2. The summed E-state index contributed by atoms with van der Waals surface area (Å²) < 4.78 is 5.80. The van der Waals surface area contributed by atoms with Gasteiger partial charge in [0.15, 0.2) is 0 Å². The molecule has 0 aliphatic heterocycles. The van der Waals surface area contributed by atoms with Gasteiger partial charge in [-0.15, -0.1) is 0 Å². The Hall–Kier alpha value is -2.82. The topological polar surface area (TPSA) is 75.6 Å². The van der Waals surface area contributed by atoms with Crippen LogP contribution in [-0.4, -0.2) is 17.0 Å². The van der Waals surface area contributed by atoms with E-state index in [0.717, 1.165) is 16.9 Å². The Morgan fingerprint density at radius 2 is 1.81 bits per heavy atom. The summed E-state index contributed by atoms with van der Waals surface area (Å²) in [4.78, 5) is 23.2. The predicted molar refractivity (Wildman–Crippen MR) is 102 cm³/mol. The predicted octanol–water partition coefficient (Wildman–Crippen LogP) is 3.69. The van der Waals surface area contributed by atoms with E-state index in [0.29, 0.717) is 32.4 Å². The second-order valence-electron chi connectivity index (χ2n) is 7.18. The molecule has 27 heavy (non-hydrogen) atoms. The molecule has 0 aromatic heterocycles. The fourth-order valence-electron chi connectivity index (χ4n) is 3.45. The Kier molecular flexibility index (Phi) is 6.12. The monoisotopic (exact) mass is 367 g/mol. The van der Waals surface area contributed by atoms with Crippen LogP contribution in [0.25, 0.3) is 0 Å². The summed E-state index contributed by atoms with van der Waals surface area (Å²) in [6.45, 7) is 3.01. The summed E-state index contributed by atoms with van der Waals surface area (Å²) in [6, 6.07) is 15.9. The molecule has 1 fully saturated rings. The van der Waals surface area contributed by atoms with Crippen molar-refractivity contribution in [3.63, 3.8) is 0 Å². The molecule has 2 N–H and O–H groups in total. The van der Waals surface area contributed by atoms with Gasteiger partial charge in [0.2, 0.25) is 5.91 Å². The molecule has 1 aliphatic carbocycles. The zero-order valence-electron chi connectivity index (χ0n) is 15.5. The van der Waals surface area contributed by atoms with Crippen LogP contribution in [0.3, 0.4) is 0 Å². The third-order valence-electron chi connectivity index (χ3n) is 5.03. The van der Waals surface area contributed by atoms with Crippen LogP contribution >= 0.6 is 0 Å². The number of rotatable bonds is 7. The molecular formula is C22H25NO4. The van der Waals surface area contributed by atoms with Gasteiger partial charge >= 0.3 is 5.97 Å². The van der Waals surface area contributed by atoms with E-state index >= 15 is 0 Å². The van der Waals surface area contributed by atoms with E-state index in [-0.39, 0.29) is 17.7 Å². The van der Waals surface area contributed by atoms with Crippen LogP contribution in [-0.2, 0) is 22.7 Å². The van der Waals surface area contributed by atoms with Gasteiger partial charge in [-0.05, 0) is 49.4 Å². The van der Waals surface area contributed by atoms with Crippen LogP contribution in [0, 0.1) is 18.8 Å². The van der Waals surface area contributed by atoms with Gasteiger partial charge < -0.3 is 15.2 Å². The van der Waals surface area contributed by atoms with E-state index in [1.54, 1.807) is 0 Å². The van der Waals surface area contributed by atoms with Gasteiger partial charge in [0.1, 0.15) is 12.4 Å². The van der Waals surface area contributed by atoms with Crippen molar-refractivity contribution in [2.24, 2.45) is 11.8 Å². The van der Waals surface area contributed by atoms with Gasteiger partial charge in [0, 0.05) is 12.5 Å². The van der Waals surface area contributed by atoms with Gasteiger partial charge in [0.25, 0.3) is 0 Å². The zero-order chi connectivity index (χ0) is 19.2. The quantitative estimate of drug-likeness (QED) is 0.783. The van der Waals surface area contributed by atoms with Crippen LogP contribution in [0.1, 0.15) is 36.0 Å². The molecule has 3 rings (SSSR count). The van der Waals surface area contributed by atoms with E-state index in [1.165, 1.54) is 5.56 Å². The molecule has 2 atom stereocenters. The number of hydrogen-bond acceptors (Lipinski definition) is 3. The van der Waals surface area contributed by atoms with Gasteiger partial charge in [-0.3, -0.25) is 9.59 Å². The Bertz CT molecular complexity index is 800. The Morgan fingerprint density at radius 1 is 1.07 bits per heavy atom. The maximum Gasteiger partial charge on any atom is 0.306 e.